The minimum atomic E-state index is -0.865. The van der Waals surface area contributed by atoms with Gasteiger partial charge in [-0.05, 0) is 31.0 Å². The van der Waals surface area contributed by atoms with Crippen LogP contribution in [0.15, 0.2) is 16.7 Å². The molecule has 0 radical (unpaired) electrons. The Morgan fingerprint density at radius 3 is 2.85 bits per heavy atom. The summed E-state index contributed by atoms with van der Waals surface area (Å²) in [7, 11) is 0. The van der Waals surface area contributed by atoms with E-state index in [9.17, 15) is 14.7 Å². The van der Waals surface area contributed by atoms with E-state index >= 15 is 0 Å². The van der Waals surface area contributed by atoms with Crippen LogP contribution in [0.2, 0.25) is 0 Å². The summed E-state index contributed by atoms with van der Waals surface area (Å²) < 4.78 is 5.38. The highest BCUT2D eigenvalue weighted by Crippen LogP contribution is 2.29. The molecule has 1 saturated heterocycles. The number of carbonyl (C=O) groups excluding carboxylic acids is 1. The molecule has 2 amide bonds. The fourth-order valence-electron chi connectivity index (χ4n) is 3.54. The molecule has 1 fully saturated rings. The molecule has 1 aromatic carbocycles. The summed E-state index contributed by atoms with van der Waals surface area (Å²) in [5, 5.41) is 17.3. The lowest BCUT2D eigenvalue weighted by atomic mass is 10.0. The molecule has 9 nitrogen and oxygen atoms in total. The molecule has 146 valence electrons. The van der Waals surface area contributed by atoms with Crippen LogP contribution in [-0.2, 0) is 11.3 Å². The van der Waals surface area contributed by atoms with Gasteiger partial charge in [-0.3, -0.25) is 9.69 Å². The molecule has 9 heteroatoms. The minimum absolute atomic E-state index is 0.0399. The van der Waals surface area contributed by atoms with Crippen LogP contribution in [0.1, 0.15) is 24.5 Å². The maximum atomic E-state index is 11.2. The lowest BCUT2D eigenvalue weighted by Gasteiger charge is -2.38. The Balaban J connectivity index is 1.74. The molecule has 27 heavy (non-hydrogen) atoms. The van der Waals surface area contributed by atoms with Crippen molar-refractivity contribution >= 4 is 28.8 Å². The minimum Gasteiger partial charge on any atom is -0.465 e. The van der Waals surface area contributed by atoms with Crippen molar-refractivity contribution < 1.29 is 19.2 Å². The Bertz CT molecular complexity index is 850. The summed E-state index contributed by atoms with van der Waals surface area (Å²) in [6.07, 6.45) is -0.644. The van der Waals surface area contributed by atoms with Crippen LogP contribution in [0.5, 0.6) is 0 Å². The molecule has 0 saturated carbocycles. The maximum absolute atomic E-state index is 11.2. The molecule has 0 spiro atoms. The normalized spacial score (nSPS) is 18.0. The Morgan fingerprint density at radius 1 is 1.41 bits per heavy atom. The highest BCUT2D eigenvalue weighted by molar-refractivity contribution is 5.92. The van der Waals surface area contributed by atoms with Gasteiger partial charge in [0.25, 0.3) is 0 Å². The first kappa shape index (κ1) is 19.0. The number of hydrogen-bond acceptors (Lipinski definition) is 6. The number of anilines is 1. The van der Waals surface area contributed by atoms with E-state index in [1.165, 1.54) is 4.90 Å². The van der Waals surface area contributed by atoms with Gasteiger partial charge in [-0.15, -0.1) is 0 Å². The van der Waals surface area contributed by atoms with Gasteiger partial charge < -0.3 is 25.6 Å². The van der Waals surface area contributed by atoms with Crippen molar-refractivity contribution in [1.82, 2.24) is 15.0 Å². The van der Waals surface area contributed by atoms with Gasteiger partial charge in [0.05, 0.1) is 5.39 Å². The largest absolute Gasteiger partial charge is 0.465 e. The fraction of sp³-hybridized carbons (Fsp3) is 0.500. The van der Waals surface area contributed by atoms with E-state index < -0.39 is 6.09 Å². The van der Waals surface area contributed by atoms with Gasteiger partial charge in [-0.2, -0.15) is 0 Å². The number of aromatic nitrogens is 1. The van der Waals surface area contributed by atoms with Gasteiger partial charge >= 0.3 is 6.09 Å². The van der Waals surface area contributed by atoms with E-state index in [2.05, 4.69) is 15.4 Å². The van der Waals surface area contributed by atoms with Crippen molar-refractivity contribution in [2.75, 3.05) is 31.5 Å². The number of nitrogens with one attached hydrogen (secondary N) is 1. The topological polar surface area (TPSA) is 125 Å². The van der Waals surface area contributed by atoms with E-state index in [-0.39, 0.29) is 18.4 Å². The molecule has 2 heterocycles. The Labute approximate surface area is 157 Å². The highest BCUT2D eigenvalue weighted by Gasteiger charge is 2.27. The number of hydrogen-bond donors (Lipinski definition) is 3. The van der Waals surface area contributed by atoms with Crippen LogP contribution in [0, 0.1) is 6.92 Å². The number of amides is 2. The molecular formula is C18H25N5O4. The predicted molar refractivity (Wildman–Crippen MR) is 101 cm³/mol. The van der Waals surface area contributed by atoms with Crippen molar-refractivity contribution in [2.45, 2.75) is 32.9 Å². The number of fused-ring (bicyclic) bond motifs is 1. The number of nitrogens with two attached hydrogens (primary N) is 1. The molecule has 4 N–H and O–H groups in total. The van der Waals surface area contributed by atoms with Gasteiger partial charge in [0.15, 0.2) is 11.4 Å². The summed E-state index contributed by atoms with van der Waals surface area (Å²) in [6, 6.07) is 3.87. The molecule has 0 bridgehead atoms. The second-order valence-electron chi connectivity index (χ2n) is 6.96. The van der Waals surface area contributed by atoms with Crippen LogP contribution >= 0.6 is 0 Å². The zero-order valence-corrected chi connectivity index (χ0v) is 15.6. The Hall–Kier alpha value is -2.81. The third kappa shape index (κ3) is 4.13. The molecule has 1 aliphatic heterocycles. The van der Waals surface area contributed by atoms with E-state index in [0.717, 1.165) is 23.1 Å². The predicted octanol–water partition coefficient (Wildman–Crippen LogP) is 1.61. The smallest absolute Gasteiger partial charge is 0.407 e. The van der Waals surface area contributed by atoms with Crippen LogP contribution in [0.25, 0.3) is 11.0 Å². The van der Waals surface area contributed by atoms with Crippen molar-refractivity contribution in [2.24, 2.45) is 5.73 Å². The summed E-state index contributed by atoms with van der Waals surface area (Å²) in [6.45, 7) is 6.96. The van der Waals surface area contributed by atoms with E-state index in [1.54, 1.807) is 0 Å². The first-order valence-corrected chi connectivity index (χ1v) is 8.98. The average molecular weight is 375 g/mol. The van der Waals surface area contributed by atoms with Gasteiger partial charge in [0.1, 0.15) is 0 Å². The summed E-state index contributed by atoms with van der Waals surface area (Å²) >= 11 is 0. The van der Waals surface area contributed by atoms with Crippen LogP contribution < -0.4 is 11.1 Å². The van der Waals surface area contributed by atoms with Gasteiger partial charge in [-0.25, -0.2) is 4.79 Å². The number of aryl methyl sites for hydroxylation is 1. The van der Waals surface area contributed by atoms with Crippen LogP contribution in [0.3, 0.4) is 0 Å². The van der Waals surface area contributed by atoms with Crippen molar-refractivity contribution in [3.8, 4) is 0 Å². The van der Waals surface area contributed by atoms with Crippen LogP contribution in [0.4, 0.5) is 10.6 Å². The SMILES string of the molecule is Cc1c(CN2CCN(C(=O)O)[C@@H](C)C2)ccc2onc(NCCC(N)=O)c12. The number of carbonyl (C=O) groups is 2. The first-order valence-electron chi connectivity index (χ1n) is 8.98. The zero-order valence-electron chi connectivity index (χ0n) is 15.6. The fourth-order valence-corrected chi connectivity index (χ4v) is 3.54. The number of nitrogens with zero attached hydrogens (tertiary/aromatic N) is 3. The lowest BCUT2D eigenvalue weighted by molar-refractivity contribution is -0.117. The molecule has 0 unspecified atom stereocenters. The number of primary amides is 1. The Morgan fingerprint density at radius 2 is 2.19 bits per heavy atom. The van der Waals surface area contributed by atoms with Gasteiger partial charge in [0.2, 0.25) is 5.91 Å². The molecule has 0 aliphatic carbocycles. The first-order chi connectivity index (χ1) is 12.9. The lowest BCUT2D eigenvalue weighted by Crippen LogP contribution is -2.53. The molecule has 1 aliphatic rings. The maximum Gasteiger partial charge on any atom is 0.407 e. The second kappa shape index (κ2) is 7.83. The van der Waals surface area contributed by atoms with Crippen LogP contribution in [-0.4, -0.2) is 64.3 Å². The number of piperazine rings is 1. The van der Waals surface area contributed by atoms with Crippen molar-refractivity contribution in [1.29, 1.82) is 0 Å². The third-order valence-electron chi connectivity index (χ3n) is 5.03. The van der Waals surface area contributed by atoms with Crippen molar-refractivity contribution in [3.63, 3.8) is 0 Å². The summed E-state index contributed by atoms with van der Waals surface area (Å²) in [5.74, 6) is 0.233. The summed E-state index contributed by atoms with van der Waals surface area (Å²) in [5.41, 5.74) is 8.05. The quantitative estimate of drug-likeness (QED) is 0.700. The van der Waals surface area contributed by atoms with Gasteiger partial charge in [-0.1, -0.05) is 11.2 Å². The third-order valence-corrected chi connectivity index (χ3v) is 5.03. The molecule has 1 atom stereocenters. The zero-order chi connectivity index (χ0) is 19.6. The molecule has 3 rings (SSSR count). The number of benzene rings is 1. The second-order valence-corrected chi connectivity index (χ2v) is 6.96. The molecule has 1 aromatic heterocycles. The van der Waals surface area contributed by atoms with Crippen molar-refractivity contribution in [3.05, 3.63) is 23.3 Å². The van der Waals surface area contributed by atoms with E-state index in [4.69, 9.17) is 10.3 Å². The van der Waals surface area contributed by atoms with E-state index in [1.807, 2.05) is 26.0 Å². The monoisotopic (exact) mass is 375 g/mol. The summed E-state index contributed by atoms with van der Waals surface area (Å²) in [4.78, 5) is 25.9. The number of carboxylic acid groups (broad SMARTS) is 1. The standard InChI is InChI=1S/C18H25N5O4/c1-11-9-22(7-8-23(11)18(25)26)10-13-3-4-14-16(12(13)2)17(21-27-14)20-6-5-15(19)24/h3-4,11H,5-10H2,1-2H3,(H2,19,24)(H,20,21)(H,25,26)/t11-/m0/s1. The molecular weight excluding hydrogens is 350 g/mol. The van der Waals surface area contributed by atoms with Gasteiger partial charge in [0, 0.05) is 45.2 Å². The highest BCUT2D eigenvalue weighted by atomic mass is 16.5. The Kier molecular flexibility index (Phi) is 5.50. The number of rotatable bonds is 6. The average Bonchev–Trinajstić information content (AvgIpc) is 3.01. The van der Waals surface area contributed by atoms with E-state index in [0.29, 0.717) is 37.6 Å². The molecule has 2 aromatic rings.